The van der Waals surface area contributed by atoms with Crippen LogP contribution in [0.15, 0.2) is 35.1 Å². The zero-order valence-electron chi connectivity index (χ0n) is 13.7. The van der Waals surface area contributed by atoms with Crippen LogP contribution in [0.5, 0.6) is 0 Å². The summed E-state index contributed by atoms with van der Waals surface area (Å²) < 4.78 is 5.44. The Balaban J connectivity index is 1.65. The number of pyridine rings is 1. The summed E-state index contributed by atoms with van der Waals surface area (Å²) in [7, 11) is 2.05. The minimum atomic E-state index is 0.686. The predicted molar refractivity (Wildman–Crippen MR) is 87.6 cm³/mol. The standard InChI is InChI=1S/C17H21N5O/c1-4-17-19-12(2)16(20-17)11-22(3)10-14-9-15(21-23-14)13-5-7-18-8-6-13/h5-9H,4,10-11H2,1-3H3,(H,19,20). The Morgan fingerprint density at radius 3 is 2.70 bits per heavy atom. The van der Waals surface area contributed by atoms with Gasteiger partial charge < -0.3 is 9.51 Å². The van der Waals surface area contributed by atoms with Crippen molar-refractivity contribution in [3.05, 3.63) is 53.6 Å². The van der Waals surface area contributed by atoms with Crippen LogP contribution < -0.4 is 0 Å². The van der Waals surface area contributed by atoms with E-state index >= 15 is 0 Å². The number of aromatic amines is 1. The van der Waals surface area contributed by atoms with Gasteiger partial charge in [0.25, 0.3) is 0 Å². The highest BCUT2D eigenvalue weighted by molar-refractivity contribution is 5.57. The smallest absolute Gasteiger partial charge is 0.151 e. The average Bonchev–Trinajstić information content (AvgIpc) is 3.15. The fraction of sp³-hybridized carbons (Fsp3) is 0.353. The van der Waals surface area contributed by atoms with Gasteiger partial charge in [-0.05, 0) is 26.1 Å². The molecule has 0 spiro atoms. The molecule has 0 radical (unpaired) electrons. The van der Waals surface area contributed by atoms with Crippen molar-refractivity contribution >= 4 is 0 Å². The molecule has 0 aliphatic rings. The van der Waals surface area contributed by atoms with E-state index in [4.69, 9.17) is 4.52 Å². The van der Waals surface area contributed by atoms with E-state index in [0.29, 0.717) is 6.54 Å². The van der Waals surface area contributed by atoms with Crippen molar-refractivity contribution in [1.29, 1.82) is 0 Å². The largest absolute Gasteiger partial charge is 0.359 e. The SMILES string of the molecule is CCc1nc(CN(C)Cc2cc(-c3ccncc3)no2)c(C)[nH]1. The number of hydrogen-bond donors (Lipinski definition) is 1. The van der Waals surface area contributed by atoms with E-state index in [0.717, 1.165) is 47.2 Å². The van der Waals surface area contributed by atoms with Crippen LogP contribution in [0.3, 0.4) is 0 Å². The third kappa shape index (κ3) is 3.65. The van der Waals surface area contributed by atoms with Gasteiger partial charge in [-0.25, -0.2) is 4.98 Å². The first-order chi connectivity index (χ1) is 11.2. The van der Waals surface area contributed by atoms with Gasteiger partial charge in [-0.1, -0.05) is 12.1 Å². The van der Waals surface area contributed by atoms with Gasteiger partial charge in [0.2, 0.25) is 0 Å². The van der Waals surface area contributed by atoms with Gasteiger partial charge in [0.15, 0.2) is 5.76 Å². The lowest BCUT2D eigenvalue weighted by atomic mass is 10.2. The second kappa shape index (κ2) is 6.75. The first-order valence-corrected chi connectivity index (χ1v) is 7.74. The Bertz CT molecular complexity index is 762. The molecule has 6 heteroatoms. The molecule has 0 saturated carbocycles. The van der Waals surface area contributed by atoms with Crippen LogP contribution in [0.4, 0.5) is 0 Å². The van der Waals surface area contributed by atoms with Gasteiger partial charge >= 0.3 is 0 Å². The molecular formula is C17H21N5O. The summed E-state index contributed by atoms with van der Waals surface area (Å²) in [5, 5.41) is 4.13. The summed E-state index contributed by atoms with van der Waals surface area (Å²) >= 11 is 0. The summed E-state index contributed by atoms with van der Waals surface area (Å²) in [5.41, 5.74) is 4.05. The van der Waals surface area contributed by atoms with Crippen LogP contribution in [-0.4, -0.2) is 32.1 Å². The highest BCUT2D eigenvalue weighted by atomic mass is 16.5. The highest BCUT2D eigenvalue weighted by Gasteiger charge is 2.12. The molecule has 0 aromatic carbocycles. The summed E-state index contributed by atoms with van der Waals surface area (Å²) in [4.78, 5) is 14.1. The van der Waals surface area contributed by atoms with Crippen molar-refractivity contribution in [2.75, 3.05) is 7.05 Å². The number of nitrogens with one attached hydrogen (secondary N) is 1. The molecule has 0 unspecified atom stereocenters. The molecule has 3 rings (SSSR count). The summed E-state index contributed by atoms with van der Waals surface area (Å²) in [5.74, 6) is 1.87. The predicted octanol–water partition coefficient (Wildman–Crippen LogP) is 2.96. The highest BCUT2D eigenvalue weighted by Crippen LogP contribution is 2.19. The molecule has 0 amide bonds. The maximum atomic E-state index is 5.44. The maximum Gasteiger partial charge on any atom is 0.151 e. The molecule has 0 aliphatic carbocycles. The van der Waals surface area contributed by atoms with E-state index in [9.17, 15) is 0 Å². The minimum Gasteiger partial charge on any atom is -0.359 e. The molecule has 6 nitrogen and oxygen atoms in total. The summed E-state index contributed by atoms with van der Waals surface area (Å²) in [6, 6.07) is 5.82. The van der Waals surface area contributed by atoms with Gasteiger partial charge in [-0.15, -0.1) is 0 Å². The van der Waals surface area contributed by atoms with Crippen molar-refractivity contribution in [2.24, 2.45) is 0 Å². The monoisotopic (exact) mass is 311 g/mol. The molecule has 0 bridgehead atoms. The maximum absolute atomic E-state index is 5.44. The number of hydrogen-bond acceptors (Lipinski definition) is 5. The Morgan fingerprint density at radius 1 is 1.22 bits per heavy atom. The quantitative estimate of drug-likeness (QED) is 0.758. The third-order valence-corrected chi connectivity index (χ3v) is 3.75. The second-order valence-corrected chi connectivity index (χ2v) is 5.70. The number of rotatable bonds is 6. The average molecular weight is 311 g/mol. The van der Waals surface area contributed by atoms with Crippen molar-refractivity contribution < 1.29 is 4.52 Å². The van der Waals surface area contributed by atoms with Crippen LogP contribution >= 0.6 is 0 Å². The molecule has 0 aliphatic heterocycles. The number of imidazole rings is 1. The van der Waals surface area contributed by atoms with Crippen molar-refractivity contribution in [3.8, 4) is 11.3 Å². The first-order valence-electron chi connectivity index (χ1n) is 7.74. The van der Waals surface area contributed by atoms with Gasteiger partial charge in [0.1, 0.15) is 11.5 Å². The molecule has 0 fully saturated rings. The number of aryl methyl sites for hydroxylation is 2. The Kier molecular flexibility index (Phi) is 4.52. The van der Waals surface area contributed by atoms with Crippen LogP contribution in [0.1, 0.15) is 29.9 Å². The van der Waals surface area contributed by atoms with Gasteiger partial charge in [-0.3, -0.25) is 9.88 Å². The lowest BCUT2D eigenvalue weighted by molar-refractivity contribution is 0.264. The molecule has 0 atom stereocenters. The number of nitrogens with zero attached hydrogens (tertiary/aromatic N) is 4. The van der Waals surface area contributed by atoms with Crippen LogP contribution in [0.2, 0.25) is 0 Å². The molecule has 0 saturated heterocycles. The van der Waals surface area contributed by atoms with E-state index in [2.05, 4.69) is 38.9 Å². The minimum absolute atomic E-state index is 0.686. The third-order valence-electron chi connectivity index (χ3n) is 3.75. The van der Waals surface area contributed by atoms with E-state index in [1.807, 2.05) is 25.2 Å². The van der Waals surface area contributed by atoms with E-state index < -0.39 is 0 Å². The topological polar surface area (TPSA) is 70.8 Å². The molecule has 23 heavy (non-hydrogen) atoms. The summed E-state index contributed by atoms with van der Waals surface area (Å²) in [6.45, 7) is 5.62. The van der Waals surface area contributed by atoms with Crippen LogP contribution in [0, 0.1) is 6.92 Å². The van der Waals surface area contributed by atoms with Crippen molar-refractivity contribution in [3.63, 3.8) is 0 Å². The van der Waals surface area contributed by atoms with E-state index in [1.54, 1.807) is 12.4 Å². The normalized spacial score (nSPS) is 11.3. The first kappa shape index (κ1) is 15.4. The van der Waals surface area contributed by atoms with E-state index in [-0.39, 0.29) is 0 Å². The van der Waals surface area contributed by atoms with Gasteiger partial charge in [-0.2, -0.15) is 0 Å². The van der Waals surface area contributed by atoms with Gasteiger partial charge in [0, 0.05) is 42.7 Å². The molecular weight excluding hydrogens is 290 g/mol. The van der Waals surface area contributed by atoms with Crippen molar-refractivity contribution in [2.45, 2.75) is 33.4 Å². The Hall–Kier alpha value is -2.47. The number of aromatic nitrogens is 4. The van der Waals surface area contributed by atoms with Crippen LogP contribution in [0.25, 0.3) is 11.3 Å². The molecule has 3 heterocycles. The lowest BCUT2D eigenvalue weighted by Crippen LogP contribution is -2.17. The molecule has 3 aromatic rings. The zero-order valence-corrected chi connectivity index (χ0v) is 13.7. The number of H-pyrrole nitrogens is 1. The van der Waals surface area contributed by atoms with E-state index in [1.165, 1.54) is 0 Å². The Labute approximate surface area is 135 Å². The van der Waals surface area contributed by atoms with Crippen LogP contribution in [-0.2, 0) is 19.5 Å². The fourth-order valence-electron chi connectivity index (χ4n) is 2.51. The van der Waals surface area contributed by atoms with Crippen molar-refractivity contribution in [1.82, 2.24) is 25.0 Å². The molecule has 120 valence electrons. The second-order valence-electron chi connectivity index (χ2n) is 5.70. The van der Waals surface area contributed by atoms with Gasteiger partial charge in [0.05, 0.1) is 12.2 Å². The molecule has 1 N–H and O–H groups in total. The summed E-state index contributed by atoms with van der Waals surface area (Å²) in [6.07, 6.45) is 4.42. The fourth-order valence-corrected chi connectivity index (χ4v) is 2.51. The lowest BCUT2D eigenvalue weighted by Gasteiger charge is -2.13. The zero-order chi connectivity index (χ0) is 16.2. The molecule has 3 aromatic heterocycles. The Morgan fingerprint density at radius 2 is 2.00 bits per heavy atom.